The summed E-state index contributed by atoms with van der Waals surface area (Å²) in [5.74, 6) is 0. The van der Waals surface area contributed by atoms with Crippen molar-refractivity contribution in [2.45, 2.75) is 19.1 Å². The molecule has 108 valence electrons. The predicted molar refractivity (Wildman–Crippen MR) is 72.4 cm³/mol. The van der Waals surface area contributed by atoms with Crippen LogP contribution in [0.25, 0.3) is 0 Å². The topological polar surface area (TPSA) is 70.1 Å². The number of carbonyl (C=O) groups excluding carboxylic acids is 1. The van der Waals surface area contributed by atoms with Crippen LogP contribution in [0.5, 0.6) is 0 Å². The van der Waals surface area contributed by atoms with Gasteiger partial charge in [-0.3, -0.25) is 0 Å². The van der Waals surface area contributed by atoms with E-state index in [4.69, 9.17) is 9.84 Å². The first-order chi connectivity index (χ1) is 9.58. The molecular formula is C14H18N2O4. The molecule has 2 rings (SSSR count). The Balaban J connectivity index is 1.82. The van der Waals surface area contributed by atoms with Gasteiger partial charge >= 0.3 is 12.2 Å². The normalized spacial score (nSPS) is 17.9. The largest absolute Gasteiger partial charge is 0.465 e. The monoisotopic (exact) mass is 278 g/mol. The van der Waals surface area contributed by atoms with Crippen LogP contribution < -0.4 is 0 Å². The third-order valence-electron chi connectivity index (χ3n) is 3.47. The number of amides is 2. The average Bonchev–Trinajstić information content (AvgIpc) is 2.95. The molecule has 0 bridgehead atoms. The molecule has 2 amide bonds. The first-order valence-corrected chi connectivity index (χ1v) is 6.49. The summed E-state index contributed by atoms with van der Waals surface area (Å²) in [6.07, 6.45) is -0.729. The number of likely N-dealkylation sites (N-methyl/N-ethyl adjacent to an activating group) is 1. The lowest BCUT2D eigenvalue weighted by Crippen LogP contribution is -2.40. The third kappa shape index (κ3) is 3.40. The molecule has 6 nitrogen and oxygen atoms in total. The average molecular weight is 278 g/mol. The smallest absolute Gasteiger partial charge is 0.410 e. The number of ether oxygens (including phenoxy) is 1. The van der Waals surface area contributed by atoms with Gasteiger partial charge in [0.2, 0.25) is 0 Å². The van der Waals surface area contributed by atoms with Crippen molar-refractivity contribution < 1.29 is 19.4 Å². The van der Waals surface area contributed by atoms with Gasteiger partial charge in [0.1, 0.15) is 6.61 Å². The van der Waals surface area contributed by atoms with E-state index in [9.17, 15) is 9.59 Å². The number of nitrogens with zero attached hydrogens (tertiary/aromatic N) is 2. The molecule has 1 aromatic rings. The molecule has 0 aromatic heterocycles. The van der Waals surface area contributed by atoms with E-state index >= 15 is 0 Å². The Hall–Kier alpha value is -2.24. The Morgan fingerprint density at radius 1 is 1.40 bits per heavy atom. The Labute approximate surface area is 117 Å². The van der Waals surface area contributed by atoms with Crippen LogP contribution in [0.2, 0.25) is 0 Å². The van der Waals surface area contributed by atoms with Gasteiger partial charge in [0.05, 0.1) is 6.04 Å². The minimum Gasteiger partial charge on any atom is -0.465 e. The number of hydrogen-bond acceptors (Lipinski definition) is 3. The maximum Gasteiger partial charge on any atom is 0.410 e. The standard InChI is InChI=1S/C14H18N2O4/c1-15(12-7-8-16(9-12)13(17)18)14(19)20-10-11-5-3-2-4-6-11/h2-6,12H,7-10H2,1H3,(H,17,18)/t12-/m0/s1. The van der Waals surface area contributed by atoms with Crippen LogP contribution in [0.15, 0.2) is 30.3 Å². The lowest BCUT2D eigenvalue weighted by atomic mass is 10.2. The van der Waals surface area contributed by atoms with Crippen LogP contribution >= 0.6 is 0 Å². The molecule has 20 heavy (non-hydrogen) atoms. The van der Waals surface area contributed by atoms with Crippen molar-refractivity contribution in [2.75, 3.05) is 20.1 Å². The summed E-state index contributed by atoms with van der Waals surface area (Å²) < 4.78 is 5.22. The van der Waals surface area contributed by atoms with Gasteiger partial charge in [-0.25, -0.2) is 9.59 Å². The van der Waals surface area contributed by atoms with Crippen LogP contribution in [0.1, 0.15) is 12.0 Å². The maximum absolute atomic E-state index is 11.9. The predicted octanol–water partition coefficient (Wildman–Crippen LogP) is 2.01. The zero-order valence-corrected chi connectivity index (χ0v) is 11.4. The van der Waals surface area contributed by atoms with Crippen molar-refractivity contribution in [2.24, 2.45) is 0 Å². The fourth-order valence-corrected chi connectivity index (χ4v) is 2.20. The number of hydrogen-bond donors (Lipinski definition) is 1. The molecule has 1 fully saturated rings. The first-order valence-electron chi connectivity index (χ1n) is 6.49. The highest BCUT2D eigenvalue weighted by molar-refractivity contribution is 5.69. The molecule has 0 radical (unpaired) electrons. The molecule has 1 atom stereocenters. The second-order valence-electron chi connectivity index (χ2n) is 4.82. The molecule has 1 aliphatic heterocycles. The van der Waals surface area contributed by atoms with Crippen LogP contribution in [-0.4, -0.2) is 53.3 Å². The van der Waals surface area contributed by atoms with Gasteiger partial charge < -0.3 is 19.6 Å². The van der Waals surface area contributed by atoms with Crippen molar-refractivity contribution in [3.8, 4) is 0 Å². The Morgan fingerprint density at radius 2 is 2.10 bits per heavy atom. The Morgan fingerprint density at radius 3 is 2.70 bits per heavy atom. The summed E-state index contributed by atoms with van der Waals surface area (Å²) in [6, 6.07) is 9.32. The molecule has 0 aliphatic carbocycles. The SMILES string of the molecule is CN(C(=O)OCc1ccccc1)[C@H]1CCN(C(=O)O)C1. The fraction of sp³-hybridized carbons (Fsp3) is 0.429. The highest BCUT2D eigenvalue weighted by atomic mass is 16.6. The summed E-state index contributed by atoms with van der Waals surface area (Å²) in [6.45, 7) is 1.02. The molecule has 0 unspecified atom stereocenters. The van der Waals surface area contributed by atoms with Crippen molar-refractivity contribution in [1.29, 1.82) is 0 Å². The van der Waals surface area contributed by atoms with E-state index in [1.165, 1.54) is 9.80 Å². The zero-order valence-electron chi connectivity index (χ0n) is 11.4. The van der Waals surface area contributed by atoms with Crippen LogP contribution in [-0.2, 0) is 11.3 Å². The van der Waals surface area contributed by atoms with Crippen molar-refractivity contribution >= 4 is 12.2 Å². The van der Waals surface area contributed by atoms with E-state index in [0.29, 0.717) is 19.5 Å². The number of rotatable bonds is 3. The highest BCUT2D eigenvalue weighted by Gasteiger charge is 2.31. The van der Waals surface area contributed by atoms with E-state index in [0.717, 1.165) is 5.56 Å². The number of carboxylic acid groups (broad SMARTS) is 1. The third-order valence-corrected chi connectivity index (χ3v) is 3.47. The molecule has 0 saturated carbocycles. The molecule has 0 spiro atoms. The van der Waals surface area contributed by atoms with Crippen LogP contribution in [0.4, 0.5) is 9.59 Å². The summed E-state index contributed by atoms with van der Waals surface area (Å²) in [5.41, 5.74) is 0.924. The van der Waals surface area contributed by atoms with Gasteiger partial charge in [-0.05, 0) is 12.0 Å². The van der Waals surface area contributed by atoms with Crippen molar-refractivity contribution in [1.82, 2.24) is 9.80 Å². The molecule has 1 aliphatic rings. The van der Waals surface area contributed by atoms with Gasteiger partial charge in [-0.1, -0.05) is 30.3 Å². The highest BCUT2D eigenvalue weighted by Crippen LogP contribution is 2.15. The summed E-state index contributed by atoms with van der Waals surface area (Å²) in [5, 5.41) is 8.89. The molecule has 1 heterocycles. The van der Waals surface area contributed by atoms with Gasteiger partial charge in [-0.2, -0.15) is 0 Å². The molecule has 1 aromatic carbocycles. The molecular weight excluding hydrogens is 260 g/mol. The van der Waals surface area contributed by atoms with Crippen molar-refractivity contribution in [3.05, 3.63) is 35.9 Å². The second kappa shape index (κ2) is 6.27. The Kier molecular flexibility index (Phi) is 4.45. The number of carbonyl (C=O) groups is 2. The second-order valence-corrected chi connectivity index (χ2v) is 4.82. The van der Waals surface area contributed by atoms with E-state index < -0.39 is 12.2 Å². The summed E-state index contributed by atoms with van der Waals surface area (Å²) in [4.78, 5) is 25.5. The summed E-state index contributed by atoms with van der Waals surface area (Å²) in [7, 11) is 1.64. The van der Waals surface area contributed by atoms with Gasteiger partial charge in [0.15, 0.2) is 0 Å². The zero-order chi connectivity index (χ0) is 14.5. The minimum absolute atomic E-state index is 0.116. The van der Waals surface area contributed by atoms with E-state index in [1.807, 2.05) is 30.3 Å². The lowest BCUT2D eigenvalue weighted by Gasteiger charge is -2.23. The molecule has 1 N–H and O–H groups in total. The number of benzene rings is 1. The van der Waals surface area contributed by atoms with Gasteiger partial charge in [0.25, 0.3) is 0 Å². The molecule has 6 heteroatoms. The van der Waals surface area contributed by atoms with E-state index in [1.54, 1.807) is 7.05 Å². The number of likely N-dealkylation sites (tertiary alicyclic amines) is 1. The van der Waals surface area contributed by atoms with Gasteiger partial charge in [-0.15, -0.1) is 0 Å². The quantitative estimate of drug-likeness (QED) is 0.918. The van der Waals surface area contributed by atoms with Crippen LogP contribution in [0, 0.1) is 0 Å². The van der Waals surface area contributed by atoms with Crippen LogP contribution in [0.3, 0.4) is 0 Å². The first kappa shape index (κ1) is 14.2. The van der Waals surface area contributed by atoms with E-state index in [2.05, 4.69) is 0 Å². The van der Waals surface area contributed by atoms with Gasteiger partial charge in [0, 0.05) is 20.1 Å². The summed E-state index contributed by atoms with van der Waals surface area (Å²) >= 11 is 0. The minimum atomic E-state index is -0.946. The lowest BCUT2D eigenvalue weighted by molar-refractivity contribution is 0.0909. The fourth-order valence-electron chi connectivity index (χ4n) is 2.20. The molecule has 1 saturated heterocycles. The van der Waals surface area contributed by atoms with E-state index in [-0.39, 0.29) is 12.6 Å². The Bertz CT molecular complexity index is 477. The maximum atomic E-state index is 11.9. The van der Waals surface area contributed by atoms with Crippen molar-refractivity contribution in [3.63, 3.8) is 0 Å².